The van der Waals surface area contributed by atoms with Crippen LogP contribution in [0.15, 0.2) is 12.1 Å². The molecule has 1 aromatic rings. The highest BCUT2D eigenvalue weighted by Gasteiger charge is 2.42. The van der Waals surface area contributed by atoms with Gasteiger partial charge in [0.2, 0.25) is 0 Å². The molecule has 0 radical (unpaired) electrons. The SMILES string of the molecule is OC(CC(O)C(F)(F)F)c1cc(C(F)(F)F)nc(C(F)(F)F)c1. The zero-order valence-corrected chi connectivity index (χ0v) is 10.8. The average molecular weight is 357 g/mol. The van der Waals surface area contributed by atoms with E-state index in [-0.39, 0.29) is 12.1 Å². The third-order valence-electron chi connectivity index (χ3n) is 2.64. The van der Waals surface area contributed by atoms with E-state index < -0.39 is 54.1 Å². The van der Waals surface area contributed by atoms with Gasteiger partial charge >= 0.3 is 18.5 Å². The van der Waals surface area contributed by atoms with Gasteiger partial charge in [-0.25, -0.2) is 4.98 Å². The zero-order valence-electron chi connectivity index (χ0n) is 10.8. The molecule has 0 spiro atoms. The van der Waals surface area contributed by atoms with Gasteiger partial charge in [-0.1, -0.05) is 0 Å². The first kappa shape index (κ1) is 19.5. The first-order chi connectivity index (χ1) is 10.1. The monoisotopic (exact) mass is 357 g/mol. The summed E-state index contributed by atoms with van der Waals surface area (Å²) in [6.45, 7) is 0. The minimum absolute atomic E-state index is 0.0109. The van der Waals surface area contributed by atoms with Crippen molar-refractivity contribution in [2.45, 2.75) is 37.2 Å². The van der Waals surface area contributed by atoms with E-state index >= 15 is 0 Å². The van der Waals surface area contributed by atoms with Crippen LogP contribution in [0.4, 0.5) is 39.5 Å². The van der Waals surface area contributed by atoms with Crippen molar-refractivity contribution in [2.24, 2.45) is 0 Å². The molecular formula is C11H8F9NO2. The maximum absolute atomic E-state index is 12.5. The van der Waals surface area contributed by atoms with Gasteiger partial charge in [-0.3, -0.25) is 0 Å². The molecule has 0 aliphatic carbocycles. The predicted octanol–water partition coefficient (Wildman–Crippen LogP) is 3.47. The van der Waals surface area contributed by atoms with Crippen molar-refractivity contribution in [1.29, 1.82) is 0 Å². The van der Waals surface area contributed by atoms with Crippen LogP contribution in [0.5, 0.6) is 0 Å². The lowest BCUT2D eigenvalue weighted by molar-refractivity contribution is -0.211. The van der Waals surface area contributed by atoms with Gasteiger partial charge < -0.3 is 10.2 Å². The summed E-state index contributed by atoms with van der Waals surface area (Å²) in [6, 6.07) is -0.0218. The maximum atomic E-state index is 12.5. The Hall–Kier alpha value is -1.56. The number of aliphatic hydroxyl groups excluding tert-OH is 2. The van der Waals surface area contributed by atoms with Crippen LogP contribution in [0.25, 0.3) is 0 Å². The number of aromatic nitrogens is 1. The smallest absolute Gasteiger partial charge is 0.388 e. The molecule has 2 N–H and O–H groups in total. The first-order valence-electron chi connectivity index (χ1n) is 5.71. The molecule has 23 heavy (non-hydrogen) atoms. The van der Waals surface area contributed by atoms with Crippen LogP contribution >= 0.6 is 0 Å². The second kappa shape index (κ2) is 6.15. The molecule has 2 atom stereocenters. The molecule has 0 bridgehead atoms. The summed E-state index contributed by atoms with van der Waals surface area (Å²) < 4.78 is 111. The van der Waals surface area contributed by atoms with Gasteiger partial charge in [0, 0.05) is 6.42 Å². The molecule has 0 aliphatic rings. The third-order valence-corrected chi connectivity index (χ3v) is 2.64. The molecule has 132 valence electrons. The molecule has 0 aliphatic heterocycles. The number of alkyl halides is 9. The Balaban J connectivity index is 3.25. The minimum atomic E-state index is -5.31. The quantitative estimate of drug-likeness (QED) is 0.815. The lowest BCUT2D eigenvalue weighted by Gasteiger charge is -2.20. The highest BCUT2D eigenvalue weighted by molar-refractivity contribution is 5.26. The fourth-order valence-electron chi connectivity index (χ4n) is 1.52. The summed E-state index contributed by atoms with van der Waals surface area (Å²) in [5.41, 5.74) is -5.14. The van der Waals surface area contributed by atoms with Crippen LogP contribution in [0, 0.1) is 0 Å². The topological polar surface area (TPSA) is 53.4 Å². The van der Waals surface area contributed by atoms with Crippen LogP contribution in [0.1, 0.15) is 29.5 Å². The predicted molar refractivity (Wildman–Crippen MR) is 55.9 cm³/mol. The number of nitrogens with zero attached hydrogens (tertiary/aromatic N) is 1. The number of aliphatic hydroxyl groups is 2. The molecule has 0 saturated carbocycles. The highest BCUT2D eigenvalue weighted by atomic mass is 19.4. The summed E-state index contributed by atoms with van der Waals surface area (Å²) in [7, 11) is 0. The molecular weight excluding hydrogens is 349 g/mol. The Morgan fingerprint density at radius 3 is 1.52 bits per heavy atom. The van der Waals surface area contributed by atoms with Gasteiger partial charge in [0.15, 0.2) is 6.10 Å². The Morgan fingerprint density at radius 1 is 0.826 bits per heavy atom. The van der Waals surface area contributed by atoms with Crippen molar-refractivity contribution in [2.75, 3.05) is 0 Å². The number of hydrogen-bond donors (Lipinski definition) is 2. The van der Waals surface area contributed by atoms with Crippen LogP contribution in [-0.4, -0.2) is 27.5 Å². The molecule has 12 heteroatoms. The summed E-state index contributed by atoms with van der Waals surface area (Å²) >= 11 is 0. The van der Waals surface area contributed by atoms with Crippen LogP contribution < -0.4 is 0 Å². The molecule has 0 fully saturated rings. The van der Waals surface area contributed by atoms with E-state index in [0.29, 0.717) is 0 Å². The second-order valence-electron chi connectivity index (χ2n) is 4.48. The summed E-state index contributed by atoms with van der Waals surface area (Å²) in [4.78, 5) is 2.34. The van der Waals surface area contributed by atoms with Crippen LogP contribution in [-0.2, 0) is 12.4 Å². The zero-order chi connectivity index (χ0) is 18.2. The highest BCUT2D eigenvalue weighted by Crippen LogP contribution is 2.36. The van der Waals surface area contributed by atoms with E-state index in [0.717, 1.165) is 0 Å². The second-order valence-corrected chi connectivity index (χ2v) is 4.48. The summed E-state index contributed by atoms with van der Waals surface area (Å²) in [6.07, 6.45) is -22.8. The Morgan fingerprint density at radius 2 is 1.22 bits per heavy atom. The maximum Gasteiger partial charge on any atom is 0.433 e. The first-order valence-corrected chi connectivity index (χ1v) is 5.71. The van der Waals surface area contributed by atoms with E-state index in [1.165, 1.54) is 0 Å². The molecule has 1 aromatic heterocycles. The van der Waals surface area contributed by atoms with Gasteiger partial charge in [0.05, 0.1) is 6.10 Å². The van der Waals surface area contributed by atoms with Crippen molar-refractivity contribution in [3.63, 3.8) is 0 Å². The van der Waals surface area contributed by atoms with Crippen molar-refractivity contribution >= 4 is 0 Å². The minimum Gasteiger partial charge on any atom is -0.388 e. The van der Waals surface area contributed by atoms with Crippen molar-refractivity contribution in [3.05, 3.63) is 29.1 Å². The standard InChI is InChI=1S/C11H8F9NO2/c12-9(13,14)6-1-4(2-7(21-6)10(15,16)17)5(22)3-8(23)11(18,19)20/h1-2,5,8,22-23H,3H2. The van der Waals surface area contributed by atoms with Crippen molar-refractivity contribution < 1.29 is 49.7 Å². The Labute approximate surface area is 122 Å². The lowest BCUT2D eigenvalue weighted by atomic mass is 10.0. The fraction of sp³-hybridized carbons (Fsp3) is 0.545. The van der Waals surface area contributed by atoms with E-state index in [1.807, 2.05) is 0 Å². The van der Waals surface area contributed by atoms with Crippen LogP contribution in [0.3, 0.4) is 0 Å². The van der Waals surface area contributed by atoms with Gasteiger partial charge in [-0.05, 0) is 17.7 Å². The summed E-state index contributed by atoms with van der Waals surface area (Å²) in [5.74, 6) is 0. The molecule has 3 nitrogen and oxygen atoms in total. The molecule has 0 amide bonds. The average Bonchev–Trinajstić information content (AvgIpc) is 2.34. The molecule has 1 rings (SSSR count). The van der Waals surface area contributed by atoms with Crippen molar-refractivity contribution in [1.82, 2.24) is 4.98 Å². The van der Waals surface area contributed by atoms with E-state index in [1.54, 1.807) is 0 Å². The van der Waals surface area contributed by atoms with Gasteiger partial charge in [-0.2, -0.15) is 39.5 Å². The van der Waals surface area contributed by atoms with Gasteiger partial charge in [0.25, 0.3) is 0 Å². The third kappa shape index (κ3) is 5.23. The van der Waals surface area contributed by atoms with E-state index in [4.69, 9.17) is 5.11 Å². The van der Waals surface area contributed by atoms with Crippen LogP contribution in [0.2, 0.25) is 0 Å². The Kier molecular flexibility index (Phi) is 5.21. The van der Waals surface area contributed by atoms with Gasteiger partial charge in [-0.15, -0.1) is 0 Å². The largest absolute Gasteiger partial charge is 0.433 e. The number of rotatable bonds is 3. The van der Waals surface area contributed by atoms with Crippen molar-refractivity contribution in [3.8, 4) is 0 Å². The molecule has 1 heterocycles. The normalized spacial score (nSPS) is 16.3. The van der Waals surface area contributed by atoms with Gasteiger partial charge in [0.1, 0.15) is 11.4 Å². The fourth-order valence-corrected chi connectivity index (χ4v) is 1.52. The number of hydrogen-bond acceptors (Lipinski definition) is 3. The van der Waals surface area contributed by atoms with E-state index in [9.17, 15) is 44.6 Å². The summed E-state index contributed by atoms with van der Waals surface area (Å²) in [5, 5.41) is 18.1. The van der Waals surface area contributed by atoms with E-state index in [2.05, 4.69) is 4.98 Å². The number of pyridine rings is 1. The molecule has 0 aromatic carbocycles. The molecule has 0 saturated heterocycles. The molecule has 2 unspecified atom stereocenters. The number of halogens is 9. The lowest BCUT2D eigenvalue weighted by Crippen LogP contribution is -2.30. The Bertz CT molecular complexity index is 518.